The molecule has 0 saturated heterocycles. The third-order valence-corrected chi connectivity index (χ3v) is 3.72. The van der Waals surface area contributed by atoms with Gasteiger partial charge in [-0.1, -0.05) is 0 Å². The Morgan fingerprint density at radius 1 is 1.32 bits per heavy atom. The number of amides is 2. The fourth-order valence-electron chi connectivity index (χ4n) is 2.41. The van der Waals surface area contributed by atoms with E-state index in [1.165, 1.54) is 0 Å². The Morgan fingerprint density at radius 2 is 2.18 bits per heavy atom. The second-order valence-corrected chi connectivity index (χ2v) is 5.48. The summed E-state index contributed by atoms with van der Waals surface area (Å²) >= 11 is 0. The van der Waals surface area contributed by atoms with Crippen LogP contribution < -0.4 is 15.4 Å². The zero-order valence-electron chi connectivity index (χ0n) is 11.7. The van der Waals surface area contributed by atoms with Gasteiger partial charge in [-0.3, -0.25) is 14.7 Å². The number of rotatable bonds is 3. The minimum atomic E-state index is -0.286. The summed E-state index contributed by atoms with van der Waals surface area (Å²) in [5, 5.41) is 12.4. The zero-order valence-corrected chi connectivity index (χ0v) is 11.7. The number of H-pyrrole nitrogens is 1. The first-order valence-electron chi connectivity index (χ1n) is 7.12. The Morgan fingerprint density at radius 3 is 3.00 bits per heavy atom. The molecule has 0 atom stereocenters. The lowest BCUT2D eigenvalue weighted by Gasteiger charge is -2.18. The average Bonchev–Trinajstić information content (AvgIpc) is 3.24. The third-order valence-electron chi connectivity index (χ3n) is 3.72. The van der Waals surface area contributed by atoms with Gasteiger partial charge in [0.15, 0.2) is 12.3 Å². The van der Waals surface area contributed by atoms with Crippen molar-refractivity contribution in [3.63, 3.8) is 0 Å². The van der Waals surface area contributed by atoms with Crippen LogP contribution in [0.2, 0.25) is 0 Å². The van der Waals surface area contributed by atoms with Gasteiger partial charge in [-0.05, 0) is 37.1 Å². The normalized spacial score (nSPS) is 16.5. The summed E-state index contributed by atoms with van der Waals surface area (Å²) in [6.45, 7) is 0.00984. The first-order chi connectivity index (χ1) is 10.7. The van der Waals surface area contributed by atoms with Gasteiger partial charge >= 0.3 is 0 Å². The Bertz CT molecular complexity index is 764. The molecule has 4 rings (SSSR count). The SMILES string of the molecule is O=C1COc2ccc(NC(=O)c3cc(C4CC4)[nH]n3)cc2N1. The summed E-state index contributed by atoms with van der Waals surface area (Å²) in [5.41, 5.74) is 2.50. The second kappa shape index (κ2) is 4.87. The number of nitrogens with one attached hydrogen (secondary N) is 3. The monoisotopic (exact) mass is 298 g/mol. The quantitative estimate of drug-likeness (QED) is 0.806. The highest BCUT2D eigenvalue weighted by Crippen LogP contribution is 2.39. The largest absolute Gasteiger partial charge is 0.482 e. The summed E-state index contributed by atoms with van der Waals surface area (Å²) in [7, 11) is 0. The lowest BCUT2D eigenvalue weighted by molar-refractivity contribution is -0.118. The fourth-order valence-corrected chi connectivity index (χ4v) is 2.41. The van der Waals surface area contributed by atoms with E-state index in [4.69, 9.17) is 4.74 Å². The van der Waals surface area contributed by atoms with Crippen LogP contribution >= 0.6 is 0 Å². The van der Waals surface area contributed by atoms with E-state index in [-0.39, 0.29) is 18.4 Å². The van der Waals surface area contributed by atoms with Crippen LogP contribution in [-0.4, -0.2) is 28.6 Å². The van der Waals surface area contributed by atoms with Crippen molar-refractivity contribution in [1.29, 1.82) is 0 Å². The van der Waals surface area contributed by atoms with E-state index >= 15 is 0 Å². The van der Waals surface area contributed by atoms with Crippen molar-refractivity contribution in [2.45, 2.75) is 18.8 Å². The predicted molar refractivity (Wildman–Crippen MR) is 79.1 cm³/mol. The highest BCUT2D eigenvalue weighted by molar-refractivity contribution is 6.04. The molecule has 1 saturated carbocycles. The minimum absolute atomic E-state index is 0.00984. The molecule has 2 heterocycles. The van der Waals surface area contributed by atoms with E-state index in [2.05, 4.69) is 20.8 Å². The molecule has 2 aliphatic rings. The summed E-state index contributed by atoms with van der Waals surface area (Å²) in [4.78, 5) is 23.5. The molecular weight excluding hydrogens is 284 g/mol. The smallest absolute Gasteiger partial charge is 0.276 e. The summed E-state index contributed by atoms with van der Waals surface area (Å²) in [5.74, 6) is 0.613. The molecule has 7 heteroatoms. The van der Waals surface area contributed by atoms with Crippen molar-refractivity contribution in [3.8, 4) is 5.75 Å². The average molecular weight is 298 g/mol. The van der Waals surface area contributed by atoms with Crippen molar-refractivity contribution < 1.29 is 14.3 Å². The van der Waals surface area contributed by atoms with Crippen molar-refractivity contribution in [2.24, 2.45) is 0 Å². The molecule has 3 N–H and O–H groups in total. The molecule has 1 aliphatic carbocycles. The van der Waals surface area contributed by atoms with E-state index < -0.39 is 0 Å². The van der Waals surface area contributed by atoms with Crippen LogP contribution in [0.5, 0.6) is 5.75 Å². The van der Waals surface area contributed by atoms with Gasteiger partial charge in [-0.15, -0.1) is 0 Å². The van der Waals surface area contributed by atoms with Gasteiger partial charge in [0.25, 0.3) is 11.8 Å². The Kier molecular flexibility index (Phi) is 2.85. The van der Waals surface area contributed by atoms with Crippen LogP contribution in [0.1, 0.15) is 34.9 Å². The van der Waals surface area contributed by atoms with Crippen LogP contribution in [0.3, 0.4) is 0 Å². The van der Waals surface area contributed by atoms with Crippen LogP contribution in [-0.2, 0) is 4.79 Å². The van der Waals surface area contributed by atoms with E-state index in [0.29, 0.717) is 28.7 Å². The fraction of sp³-hybridized carbons (Fsp3) is 0.267. The molecule has 22 heavy (non-hydrogen) atoms. The number of ether oxygens (including phenoxy) is 1. The predicted octanol–water partition coefficient (Wildman–Crippen LogP) is 1.87. The Hall–Kier alpha value is -2.83. The van der Waals surface area contributed by atoms with Gasteiger partial charge in [0.1, 0.15) is 5.75 Å². The number of nitrogens with zero attached hydrogens (tertiary/aromatic N) is 1. The van der Waals surface area contributed by atoms with Gasteiger partial charge in [-0.25, -0.2) is 0 Å². The highest BCUT2D eigenvalue weighted by atomic mass is 16.5. The molecule has 1 aliphatic heterocycles. The number of carbonyl (C=O) groups excluding carboxylic acids is 2. The highest BCUT2D eigenvalue weighted by Gasteiger charge is 2.26. The topological polar surface area (TPSA) is 96.1 Å². The summed E-state index contributed by atoms with van der Waals surface area (Å²) < 4.78 is 5.27. The number of benzene rings is 1. The zero-order chi connectivity index (χ0) is 15.1. The minimum Gasteiger partial charge on any atom is -0.482 e. The molecule has 0 radical (unpaired) electrons. The Labute approximate surface area is 126 Å². The van der Waals surface area contributed by atoms with Gasteiger partial charge < -0.3 is 15.4 Å². The maximum Gasteiger partial charge on any atom is 0.276 e. The van der Waals surface area contributed by atoms with Gasteiger partial charge in [0.2, 0.25) is 0 Å². The number of fused-ring (bicyclic) bond motifs is 1. The van der Waals surface area contributed by atoms with Crippen LogP contribution in [0.4, 0.5) is 11.4 Å². The van der Waals surface area contributed by atoms with Crippen LogP contribution in [0.15, 0.2) is 24.3 Å². The number of aromatic amines is 1. The van der Waals surface area contributed by atoms with Crippen LogP contribution in [0, 0.1) is 0 Å². The lowest BCUT2D eigenvalue weighted by Crippen LogP contribution is -2.25. The van der Waals surface area contributed by atoms with Crippen molar-refractivity contribution >= 4 is 23.2 Å². The van der Waals surface area contributed by atoms with E-state index in [0.717, 1.165) is 18.5 Å². The number of hydrogen-bond acceptors (Lipinski definition) is 4. The number of hydrogen-bond donors (Lipinski definition) is 3. The van der Waals surface area contributed by atoms with Gasteiger partial charge in [0.05, 0.1) is 5.69 Å². The molecule has 2 amide bonds. The van der Waals surface area contributed by atoms with E-state index in [1.807, 2.05) is 0 Å². The molecule has 1 fully saturated rings. The van der Waals surface area contributed by atoms with E-state index in [9.17, 15) is 9.59 Å². The summed E-state index contributed by atoms with van der Waals surface area (Å²) in [6, 6.07) is 6.89. The molecule has 112 valence electrons. The van der Waals surface area contributed by atoms with Crippen molar-refractivity contribution in [2.75, 3.05) is 17.2 Å². The maximum atomic E-state index is 12.2. The van der Waals surface area contributed by atoms with E-state index in [1.54, 1.807) is 24.3 Å². The van der Waals surface area contributed by atoms with Gasteiger partial charge in [0, 0.05) is 17.3 Å². The number of anilines is 2. The molecule has 0 spiro atoms. The first-order valence-corrected chi connectivity index (χ1v) is 7.12. The second-order valence-electron chi connectivity index (χ2n) is 5.48. The van der Waals surface area contributed by atoms with Crippen molar-refractivity contribution in [1.82, 2.24) is 10.2 Å². The number of carbonyl (C=O) groups is 2. The maximum absolute atomic E-state index is 12.2. The van der Waals surface area contributed by atoms with Gasteiger partial charge in [-0.2, -0.15) is 5.10 Å². The number of aromatic nitrogens is 2. The standard InChI is InChI=1S/C15H14N4O3/c20-14-7-22-13-4-3-9(5-11(13)17-14)16-15(21)12-6-10(18-19-12)8-1-2-8/h3-6,8H,1-2,7H2,(H,16,21)(H,17,20)(H,18,19). The molecule has 7 nitrogen and oxygen atoms in total. The lowest BCUT2D eigenvalue weighted by atomic mass is 10.2. The molecular formula is C15H14N4O3. The summed E-state index contributed by atoms with van der Waals surface area (Å²) in [6.07, 6.45) is 2.29. The van der Waals surface area contributed by atoms with Crippen LogP contribution in [0.25, 0.3) is 0 Å². The molecule has 1 aromatic carbocycles. The molecule has 0 bridgehead atoms. The molecule has 1 aromatic heterocycles. The first kappa shape index (κ1) is 12.9. The Balaban J connectivity index is 1.51. The molecule has 2 aromatic rings. The third kappa shape index (κ3) is 2.41. The van der Waals surface area contributed by atoms with Crippen molar-refractivity contribution in [3.05, 3.63) is 35.7 Å². The molecule has 0 unspecified atom stereocenters.